The van der Waals surface area contributed by atoms with Crippen molar-refractivity contribution >= 4 is 31.9 Å². The Labute approximate surface area is 130 Å². The molecule has 0 radical (unpaired) electrons. The molecule has 3 N–H and O–H groups in total. The summed E-state index contributed by atoms with van der Waals surface area (Å²) in [4.78, 5) is 0. The molecule has 0 bridgehead atoms. The molecule has 1 atom stereocenters. The summed E-state index contributed by atoms with van der Waals surface area (Å²) in [6.07, 6.45) is 0. The van der Waals surface area contributed by atoms with Crippen molar-refractivity contribution < 1.29 is 0 Å². The molecule has 0 amide bonds. The van der Waals surface area contributed by atoms with Crippen molar-refractivity contribution in [3.8, 4) is 0 Å². The fraction of sp³-hybridized carbons (Fsp3) is 0.200. The maximum Gasteiger partial charge on any atom is 0.0723 e. The van der Waals surface area contributed by atoms with Crippen molar-refractivity contribution in [3.05, 3.63) is 67.6 Å². The lowest BCUT2D eigenvalue weighted by atomic mass is 9.94. The first kappa shape index (κ1) is 14.7. The Morgan fingerprint density at radius 1 is 1.00 bits per heavy atom. The van der Waals surface area contributed by atoms with Crippen molar-refractivity contribution in [3.63, 3.8) is 0 Å². The third-order valence-corrected chi connectivity index (χ3v) is 4.36. The fourth-order valence-corrected chi connectivity index (χ4v) is 3.51. The lowest BCUT2D eigenvalue weighted by molar-refractivity contribution is 0.631. The van der Waals surface area contributed by atoms with Crippen LogP contribution in [0, 0.1) is 13.8 Å². The molecule has 0 aliphatic carbocycles. The fourth-order valence-electron chi connectivity index (χ4n) is 2.23. The minimum absolute atomic E-state index is 0.0249. The van der Waals surface area contributed by atoms with Crippen LogP contribution in [0.4, 0.5) is 0 Å². The van der Waals surface area contributed by atoms with Gasteiger partial charge in [0, 0.05) is 8.95 Å². The Hall–Kier alpha value is -0.680. The van der Waals surface area contributed by atoms with E-state index in [1.165, 1.54) is 16.7 Å². The predicted molar refractivity (Wildman–Crippen MR) is 86.9 cm³/mol. The van der Waals surface area contributed by atoms with Crippen molar-refractivity contribution in [2.24, 2.45) is 5.84 Å². The first-order valence-corrected chi connectivity index (χ1v) is 7.59. The van der Waals surface area contributed by atoms with Crippen LogP contribution in [-0.4, -0.2) is 0 Å². The highest BCUT2D eigenvalue weighted by Crippen LogP contribution is 2.32. The Balaban J connectivity index is 2.50. The third kappa shape index (κ3) is 3.26. The highest BCUT2D eigenvalue weighted by atomic mass is 79.9. The van der Waals surface area contributed by atoms with Crippen molar-refractivity contribution in [1.29, 1.82) is 0 Å². The van der Waals surface area contributed by atoms with Gasteiger partial charge in [-0.2, -0.15) is 0 Å². The lowest BCUT2D eigenvalue weighted by Gasteiger charge is -2.21. The second-order valence-electron chi connectivity index (χ2n) is 4.63. The first-order chi connectivity index (χ1) is 9.02. The van der Waals surface area contributed by atoms with E-state index in [1.54, 1.807) is 0 Å². The van der Waals surface area contributed by atoms with Crippen molar-refractivity contribution in [2.45, 2.75) is 19.9 Å². The lowest BCUT2D eigenvalue weighted by Crippen LogP contribution is -2.29. The average Bonchev–Trinajstić information content (AvgIpc) is 2.34. The zero-order valence-corrected chi connectivity index (χ0v) is 14.0. The molecule has 0 saturated carbocycles. The van der Waals surface area contributed by atoms with E-state index in [1.807, 2.05) is 12.1 Å². The van der Waals surface area contributed by atoms with Gasteiger partial charge in [0.25, 0.3) is 0 Å². The second kappa shape index (κ2) is 6.18. The number of rotatable bonds is 3. The van der Waals surface area contributed by atoms with Crippen LogP contribution < -0.4 is 11.3 Å². The largest absolute Gasteiger partial charge is 0.271 e. The third-order valence-electron chi connectivity index (χ3n) is 3.18. The van der Waals surface area contributed by atoms with Gasteiger partial charge < -0.3 is 0 Å². The molecule has 2 nitrogen and oxygen atoms in total. The highest BCUT2D eigenvalue weighted by molar-refractivity contribution is 9.11. The normalized spacial score (nSPS) is 12.5. The number of aryl methyl sites for hydroxylation is 2. The van der Waals surface area contributed by atoms with Crippen LogP contribution in [0.2, 0.25) is 0 Å². The van der Waals surface area contributed by atoms with Crippen LogP contribution in [0.25, 0.3) is 0 Å². The predicted octanol–water partition coefficient (Wildman–Crippen LogP) is 4.38. The van der Waals surface area contributed by atoms with E-state index < -0.39 is 0 Å². The number of halogens is 2. The highest BCUT2D eigenvalue weighted by Gasteiger charge is 2.17. The van der Waals surface area contributed by atoms with E-state index in [2.05, 4.69) is 75.4 Å². The molecule has 0 aliphatic heterocycles. The molecule has 2 rings (SSSR count). The van der Waals surface area contributed by atoms with E-state index in [4.69, 9.17) is 5.84 Å². The zero-order chi connectivity index (χ0) is 14.0. The number of benzene rings is 2. The molecule has 0 aliphatic rings. The maximum absolute atomic E-state index is 5.77. The summed E-state index contributed by atoms with van der Waals surface area (Å²) in [6.45, 7) is 4.21. The molecule has 2 aromatic rings. The van der Waals surface area contributed by atoms with Crippen LogP contribution in [0.1, 0.15) is 28.3 Å². The summed E-state index contributed by atoms with van der Waals surface area (Å²) >= 11 is 7.07. The van der Waals surface area contributed by atoms with Gasteiger partial charge in [-0.25, -0.2) is 5.43 Å². The number of hydrogen-bond acceptors (Lipinski definition) is 2. The van der Waals surface area contributed by atoms with E-state index in [9.17, 15) is 0 Å². The maximum atomic E-state index is 5.77. The van der Waals surface area contributed by atoms with Gasteiger partial charge in [0.1, 0.15) is 0 Å². The smallest absolute Gasteiger partial charge is 0.0723 e. The Bertz CT molecular complexity index is 545. The number of hydrogen-bond donors (Lipinski definition) is 2. The molecular weight excluding hydrogens is 368 g/mol. The van der Waals surface area contributed by atoms with Gasteiger partial charge in [-0.1, -0.05) is 61.7 Å². The Morgan fingerprint density at radius 3 is 2.26 bits per heavy atom. The van der Waals surface area contributed by atoms with Crippen molar-refractivity contribution in [2.75, 3.05) is 0 Å². The van der Waals surface area contributed by atoms with Crippen LogP contribution in [0.15, 0.2) is 45.3 Å². The molecule has 0 spiro atoms. The number of nitrogens with one attached hydrogen (secondary N) is 1. The molecule has 100 valence electrons. The van der Waals surface area contributed by atoms with Gasteiger partial charge in [0.05, 0.1) is 6.04 Å². The second-order valence-corrected chi connectivity index (χ2v) is 6.40. The van der Waals surface area contributed by atoms with Gasteiger partial charge in [-0.05, 0) is 42.7 Å². The quantitative estimate of drug-likeness (QED) is 0.609. The van der Waals surface area contributed by atoms with Crippen molar-refractivity contribution in [1.82, 2.24) is 5.43 Å². The first-order valence-electron chi connectivity index (χ1n) is 6.01. The summed E-state index contributed by atoms with van der Waals surface area (Å²) in [5.74, 6) is 5.77. The number of hydrazine groups is 1. The molecule has 0 saturated heterocycles. The minimum atomic E-state index is -0.0249. The summed E-state index contributed by atoms with van der Waals surface area (Å²) in [5.41, 5.74) is 7.71. The van der Waals surface area contributed by atoms with Crippen LogP contribution in [0.5, 0.6) is 0 Å². The summed E-state index contributed by atoms with van der Waals surface area (Å²) < 4.78 is 2.07. The summed E-state index contributed by atoms with van der Waals surface area (Å²) in [5, 5.41) is 0. The van der Waals surface area contributed by atoms with Crippen LogP contribution >= 0.6 is 31.9 Å². The monoisotopic (exact) mass is 382 g/mol. The molecule has 0 fully saturated rings. The van der Waals surface area contributed by atoms with Gasteiger partial charge >= 0.3 is 0 Å². The summed E-state index contributed by atoms with van der Waals surface area (Å²) in [7, 11) is 0. The topological polar surface area (TPSA) is 38.0 Å². The molecule has 0 heterocycles. The van der Waals surface area contributed by atoms with Gasteiger partial charge in [-0.3, -0.25) is 5.84 Å². The Morgan fingerprint density at radius 2 is 1.68 bits per heavy atom. The van der Waals surface area contributed by atoms with Gasteiger partial charge in [0.15, 0.2) is 0 Å². The molecule has 2 aromatic carbocycles. The standard InChI is InChI=1S/C15H16Br2N2/c1-9-3-5-12(10(2)7-9)15(19-18)13-6-4-11(16)8-14(13)17/h3-8,15,19H,18H2,1-2H3. The van der Waals surface area contributed by atoms with Crippen LogP contribution in [-0.2, 0) is 0 Å². The van der Waals surface area contributed by atoms with E-state index in [0.717, 1.165) is 14.5 Å². The van der Waals surface area contributed by atoms with Gasteiger partial charge in [-0.15, -0.1) is 0 Å². The van der Waals surface area contributed by atoms with E-state index >= 15 is 0 Å². The van der Waals surface area contributed by atoms with Crippen LogP contribution in [0.3, 0.4) is 0 Å². The van der Waals surface area contributed by atoms with E-state index in [0.29, 0.717) is 0 Å². The van der Waals surface area contributed by atoms with E-state index in [-0.39, 0.29) is 6.04 Å². The number of nitrogens with two attached hydrogens (primary N) is 1. The Kier molecular flexibility index (Phi) is 4.79. The molecular formula is C15H16Br2N2. The molecule has 19 heavy (non-hydrogen) atoms. The minimum Gasteiger partial charge on any atom is -0.271 e. The van der Waals surface area contributed by atoms with Gasteiger partial charge in [0.2, 0.25) is 0 Å². The zero-order valence-electron chi connectivity index (χ0n) is 10.9. The summed E-state index contributed by atoms with van der Waals surface area (Å²) in [6, 6.07) is 12.5. The SMILES string of the molecule is Cc1ccc(C(NN)c2ccc(Br)cc2Br)c(C)c1. The molecule has 0 aromatic heterocycles. The molecule has 4 heteroatoms. The average molecular weight is 384 g/mol. The molecule has 1 unspecified atom stereocenters.